The minimum absolute atomic E-state index is 0.623. The Bertz CT molecular complexity index is 312. The van der Waals surface area contributed by atoms with Crippen LogP contribution in [0.3, 0.4) is 0 Å². The second kappa shape index (κ2) is 6.36. The third-order valence-electron chi connectivity index (χ3n) is 2.10. The predicted molar refractivity (Wildman–Crippen MR) is 66.0 cm³/mol. The third-order valence-corrected chi connectivity index (χ3v) is 4.26. The molecule has 0 aliphatic rings. The van der Waals surface area contributed by atoms with Crippen LogP contribution in [0.2, 0.25) is 0 Å². The van der Waals surface area contributed by atoms with Crippen LogP contribution in [0.1, 0.15) is 18.9 Å². The summed E-state index contributed by atoms with van der Waals surface area (Å²) in [6.07, 6.45) is 2.01. The van der Waals surface area contributed by atoms with Crippen LogP contribution in [0.25, 0.3) is 0 Å². The van der Waals surface area contributed by atoms with E-state index in [9.17, 15) is 4.21 Å². The van der Waals surface area contributed by atoms with Crippen molar-refractivity contribution in [2.75, 3.05) is 11.5 Å². The molecule has 0 amide bonds. The molecule has 1 aromatic carbocycles. The molecule has 0 bridgehead atoms. The van der Waals surface area contributed by atoms with Crippen molar-refractivity contribution in [3.05, 3.63) is 34.3 Å². The highest BCUT2D eigenvalue weighted by Crippen LogP contribution is 2.17. The first-order valence-electron chi connectivity index (χ1n) is 4.82. The molecule has 0 spiro atoms. The van der Waals surface area contributed by atoms with Gasteiger partial charge in [0.15, 0.2) is 0 Å². The van der Waals surface area contributed by atoms with Gasteiger partial charge in [0.1, 0.15) is 0 Å². The van der Waals surface area contributed by atoms with Crippen molar-refractivity contribution < 1.29 is 4.21 Å². The highest BCUT2D eigenvalue weighted by Gasteiger charge is 2.00. The van der Waals surface area contributed by atoms with Crippen LogP contribution in [0.15, 0.2) is 28.7 Å². The molecule has 78 valence electrons. The Morgan fingerprint density at radius 2 is 2.07 bits per heavy atom. The molecule has 0 saturated carbocycles. The van der Waals surface area contributed by atoms with E-state index in [0.29, 0.717) is 0 Å². The van der Waals surface area contributed by atoms with E-state index in [0.717, 1.165) is 28.8 Å². The summed E-state index contributed by atoms with van der Waals surface area (Å²) in [6.45, 7) is 1.97. The molecular weight excluding hydrogens is 260 g/mol. The average Bonchev–Trinajstić information content (AvgIpc) is 2.20. The molecular formula is C11H15BrOS. The molecule has 0 saturated heterocycles. The smallest absolute Gasteiger partial charge is 0.0237 e. The average molecular weight is 275 g/mol. The molecule has 0 aliphatic carbocycles. The van der Waals surface area contributed by atoms with Crippen LogP contribution in [-0.4, -0.2) is 15.7 Å². The first kappa shape index (κ1) is 11.9. The quantitative estimate of drug-likeness (QED) is 0.806. The van der Waals surface area contributed by atoms with Crippen molar-refractivity contribution in [2.24, 2.45) is 0 Å². The van der Waals surface area contributed by atoms with Gasteiger partial charge in [-0.1, -0.05) is 41.1 Å². The molecule has 0 fully saturated rings. The fourth-order valence-electron chi connectivity index (χ4n) is 1.27. The van der Waals surface area contributed by atoms with Crippen molar-refractivity contribution in [1.29, 1.82) is 0 Å². The van der Waals surface area contributed by atoms with E-state index in [2.05, 4.69) is 22.0 Å². The summed E-state index contributed by atoms with van der Waals surface area (Å²) in [5.74, 6) is 1.59. The van der Waals surface area contributed by atoms with Crippen LogP contribution >= 0.6 is 15.9 Å². The lowest BCUT2D eigenvalue weighted by molar-refractivity contribution is 0.681. The summed E-state index contributed by atoms with van der Waals surface area (Å²) in [5, 5.41) is 0. The van der Waals surface area contributed by atoms with Gasteiger partial charge in [0.05, 0.1) is 0 Å². The molecule has 0 aliphatic heterocycles. The number of aryl methyl sites for hydroxylation is 1. The van der Waals surface area contributed by atoms with Gasteiger partial charge in [-0.25, -0.2) is 0 Å². The largest absolute Gasteiger partial charge is 0.260 e. The van der Waals surface area contributed by atoms with Crippen molar-refractivity contribution in [1.82, 2.24) is 0 Å². The van der Waals surface area contributed by atoms with Crippen molar-refractivity contribution >= 4 is 26.7 Å². The van der Waals surface area contributed by atoms with E-state index in [1.54, 1.807) is 0 Å². The van der Waals surface area contributed by atoms with Gasteiger partial charge in [-0.3, -0.25) is 4.21 Å². The predicted octanol–water partition coefficient (Wildman–Crippen LogP) is 3.15. The topological polar surface area (TPSA) is 17.1 Å². The van der Waals surface area contributed by atoms with Gasteiger partial charge in [0, 0.05) is 26.8 Å². The fourth-order valence-corrected chi connectivity index (χ4v) is 2.51. The molecule has 0 N–H and O–H groups in total. The lowest BCUT2D eigenvalue weighted by atomic mass is 10.1. The highest BCUT2D eigenvalue weighted by atomic mass is 79.9. The summed E-state index contributed by atoms with van der Waals surface area (Å²) in [5.41, 5.74) is 1.31. The van der Waals surface area contributed by atoms with Crippen molar-refractivity contribution in [3.63, 3.8) is 0 Å². The molecule has 1 atom stereocenters. The molecule has 1 aromatic rings. The maximum atomic E-state index is 11.2. The fraction of sp³-hybridized carbons (Fsp3) is 0.455. The second-order valence-electron chi connectivity index (χ2n) is 3.13. The minimum atomic E-state index is -0.623. The summed E-state index contributed by atoms with van der Waals surface area (Å²) in [7, 11) is -0.623. The Labute approximate surface area is 96.5 Å². The Morgan fingerprint density at radius 3 is 2.71 bits per heavy atom. The van der Waals surface area contributed by atoms with E-state index in [1.807, 2.05) is 25.1 Å². The maximum absolute atomic E-state index is 11.2. The Balaban J connectivity index is 2.39. The summed E-state index contributed by atoms with van der Waals surface area (Å²) in [6, 6.07) is 8.21. The molecule has 3 heteroatoms. The molecule has 0 heterocycles. The minimum Gasteiger partial charge on any atom is -0.260 e. The normalized spacial score (nSPS) is 12.7. The van der Waals surface area contributed by atoms with Gasteiger partial charge >= 0.3 is 0 Å². The third kappa shape index (κ3) is 3.93. The van der Waals surface area contributed by atoms with Crippen molar-refractivity contribution in [2.45, 2.75) is 19.8 Å². The molecule has 14 heavy (non-hydrogen) atoms. The molecule has 0 unspecified atom stereocenters. The SMILES string of the molecule is CC[S@@](=O)CCCc1ccccc1Br. The number of benzene rings is 1. The monoisotopic (exact) mass is 274 g/mol. The van der Waals surface area contributed by atoms with Gasteiger partial charge in [-0.15, -0.1) is 0 Å². The summed E-state index contributed by atoms with van der Waals surface area (Å²) >= 11 is 3.50. The van der Waals surface area contributed by atoms with E-state index in [1.165, 1.54) is 5.56 Å². The Kier molecular flexibility index (Phi) is 5.41. The molecule has 0 radical (unpaired) electrons. The number of rotatable bonds is 5. The van der Waals surface area contributed by atoms with Crippen LogP contribution in [0.5, 0.6) is 0 Å². The van der Waals surface area contributed by atoms with Gasteiger partial charge in [0.2, 0.25) is 0 Å². The maximum Gasteiger partial charge on any atom is 0.0237 e. The zero-order valence-electron chi connectivity index (χ0n) is 8.33. The molecule has 1 rings (SSSR count). The van der Waals surface area contributed by atoms with E-state index in [4.69, 9.17) is 0 Å². The van der Waals surface area contributed by atoms with Crippen LogP contribution in [0.4, 0.5) is 0 Å². The summed E-state index contributed by atoms with van der Waals surface area (Å²) in [4.78, 5) is 0. The van der Waals surface area contributed by atoms with Crippen LogP contribution < -0.4 is 0 Å². The van der Waals surface area contributed by atoms with Gasteiger partial charge < -0.3 is 0 Å². The van der Waals surface area contributed by atoms with E-state index >= 15 is 0 Å². The lowest BCUT2D eigenvalue weighted by Gasteiger charge is -2.03. The van der Waals surface area contributed by atoms with Gasteiger partial charge in [0.25, 0.3) is 0 Å². The van der Waals surface area contributed by atoms with Gasteiger partial charge in [-0.05, 0) is 24.5 Å². The lowest BCUT2D eigenvalue weighted by Crippen LogP contribution is -2.01. The van der Waals surface area contributed by atoms with E-state index < -0.39 is 10.8 Å². The summed E-state index contributed by atoms with van der Waals surface area (Å²) < 4.78 is 12.3. The second-order valence-corrected chi connectivity index (χ2v) is 5.85. The van der Waals surface area contributed by atoms with Gasteiger partial charge in [-0.2, -0.15) is 0 Å². The zero-order valence-corrected chi connectivity index (χ0v) is 10.7. The number of hydrogen-bond acceptors (Lipinski definition) is 1. The number of hydrogen-bond donors (Lipinski definition) is 0. The first-order chi connectivity index (χ1) is 6.74. The highest BCUT2D eigenvalue weighted by molar-refractivity contribution is 9.10. The van der Waals surface area contributed by atoms with Crippen LogP contribution in [0, 0.1) is 0 Å². The van der Waals surface area contributed by atoms with Crippen LogP contribution in [-0.2, 0) is 17.2 Å². The Hall–Kier alpha value is -0.150. The van der Waals surface area contributed by atoms with Crippen molar-refractivity contribution in [3.8, 4) is 0 Å². The molecule has 1 nitrogen and oxygen atoms in total. The number of halogens is 1. The molecule has 0 aromatic heterocycles. The first-order valence-corrected chi connectivity index (χ1v) is 7.10. The Morgan fingerprint density at radius 1 is 1.36 bits per heavy atom. The zero-order chi connectivity index (χ0) is 10.4. The van der Waals surface area contributed by atoms with E-state index in [-0.39, 0.29) is 0 Å². The standard InChI is InChI=1S/C11H15BrOS/c1-2-14(13)9-5-7-10-6-3-4-8-11(10)12/h3-4,6,8H,2,5,7,9H2,1H3/t14-/m1/s1.